The van der Waals surface area contributed by atoms with Crippen molar-refractivity contribution in [3.63, 3.8) is 0 Å². The van der Waals surface area contributed by atoms with Gasteiger partial charge in [-0.15, -0.1) is 0 Å². The zero-order valence-electron chi connectivity index (χ0n) is 8.44. The van der Waals surface area contributed by atoms with Crippen LogP contribution in [0.4, 0.5) is 0 Å². The Labute approximate surface area is 76.5 Å². The van der Waals surface area contributed by atoms with Gasteiger partial charge in [0.25, 0.3) is 0 Å². The molecule has 1 aliphatic carbocycles. The molecule has 0 spiro atoms. The van der Waals surface area contributed by atoms with Crippen LogP contribution in [-0.2, 0) is 4.74 Å². The van der Waals surface area contributed by atoms with E-state index in [0.29, 0.717) is 6.10 Å². The Morgan fingerprint density at radius 2 is 1.75 bits per heavy atom. The first-order valence-electron chi connectivity index (χ1n) is 5.23. The van der Waals surface area contributed by atoms with Crippen molar-refractivity contribution < 1.29 is 4.74 Å². The minimum atomic E-state index is -0.102. The van der Waals surface area contributed by atoms with Gasteiger partial charge in [-0.3, -0.25) is 0 Å². The Morgan fingerprint density at radius 1 is 1.25 bits per heavy atom. The van der Waals surface area contributed by atoms with E-state index in [-0.39, 0.29) is 5.60 Å². The van der Waals surface area contributed by atoms with Crippen molar-refractivity contribution in [2.75, 3.05) is 0 Å². The summed E-state index contributed by atoms with van der Waals surface area (Å²) in [7, 11) is 0. The minimum Gasteiger partial charge on any atom is -0.372 e. The van der Waals surface area contributed by atoms with E-state index in [2.05, 4.69) is 20.8 Å². The van der Waals surface area contributed by atoms with Gasteiger partial charge in [0.05, 0.1) is 11.7 Å². The molecule has 0 aromatic rings. The molecule has 0 heterocycles. The summed E-state index contributed by atoms with van der Waals surface area (Å²) >= 11 is 0. The van der Waals surface area contributed by atoms with E-state index in [0.717, 1.165) is 12.8 Å². The number of hydrogen-bond acceptors (Lipinski definition) is 1. The molecule has 0 unspecified atom stereocenters. The van der Waals surface area contributed by atoms with Crippen LogP contribution in [-0.4, -0.2) is 11.7 Å². The Kier molecular flexibility index (Phi) is 3.57. The van der Waals surface area contributed by atoms with E-state index in [1.807, 2.05) is 0 Å². The highest BCUT2D eigenvalue weighted by Gasteiger charge is 2.26. The second-order valence-electron chi connectivity index (χ2n) is 3.91. The highest BCUT2D eigenvalue weighted by Crippen LogP contribution is 2.28. The first-order valence-corrected chi connectivity index (χ1v) is 5.23. The normalized spacial score (nSPS) is 20.2. The molecule has 1 saturated carbocycles. The molecule has 1 aliphatic rings. The number of ether oxygens (including phenoxy) is 1. The molecule has 0 amide bonds. The van der Waals surface area contributed by atoms with Crippen LogP contribution in [0, 0.1) is 6.92 Å². The SMILES string of the molecule is [CH2]C(CC)(CC)OC1CCCC1. The molecule has 1 fully saturated rings. The summed E-state index contributed by atoms with van der Waals surface area (Å²) < 4.78 is 5.99. The standard InChI is InChI=1S/C11H21O/c1-4-11(3,5-2)12-10-8-6-7-9-10/h10H,3-9H2,1-2H3. The van der Waals surface area contributed by atoms with Crippen LogP contribution in [0.25, 0.3) is 0 Å². The molecule has 1 rings (SSSR count). The average molecular weight is 169 g/mol. The van der Waals surface area contributed by atoms with Gasteiger partial charge in [-0.1, -0.05) is 26.7 Å². The first-order chi connectivity index (χ1) is 5.70. The highest BCUT2D eigenvalue weighted by molar-refractivity contribution is 4.83. The van der Waals surface area contributed by atoms with Gasteiger partial charge in [0.2, 0.25) is 0 Å². The van der Waals surface area contributed by atoms with Crippen LogP contribution >= 0.6 is 0 Å². The number of hydrogen-bond donors (Lipinski definition) is 0. The largest absolute Gasteiger partial charge is 0.372 e. The lowest BCUT2D eigenvalue weighted by molar-refractivity contribution is -0.0663. The third kappa shape index (κ3) is 2.48. The minimum absolute atomic E-state index is 0.102. The maximum absolute atomic E-state index is 5.99. The van der Waals surface area contributed by atoms with Crippen molar-refractivity contribution in [1.29, 1.82) is 0 Å². The fourth-order valence-corrected chi connectivity index (χ4v) is 1.78. The molecule has 0 atom stereocenters. The van der Waals surface area contributed by atoms with Gasteiger partial charge >= 0.3 is 0 Å². The predicted octanol–water partition coefficient (Wildman–Crippen LogP) is 3.34. The van der Waals surface area contributed by atoms with Crippen LogP contribution in [0.15, 0.2) is 0 Å². The summed E-state index contributed by atoms with van der Waals surface area (Å²) in [5.74, 6) is 0. The van der Waals surface area contributed by atoms with Crippen molar-refractivity contribution in [1.82, 2.24) is 0 Å². The third-order valence-electron chi connectivity index (χ3n) is 3.01. The summed E-state index contributed by atoms with van der Waals surface area (Å²) in [5.41, 5.74) is -0.102. The zero-order chi connectivity index (χ0) is 9.03. The fraction of sp³-hybridized carbons (Fsp3) is 0.909. The van der Waals surface area contributed by atoms with Crippen molar-refractivity contribution in [3.05, 3.63) is 6.92 Å². The fourth-order valence-electron chi connectivity index (χ4n) is 1.78. The van der Waals surface area contributed by atoms with Crippen LogP contribution in [0.3, 0.4) is 0 Å². The summed E-state index contributed by atoms with van der Waals surface area (Å²) in [6, 6.07) is 0. The topological polar surface area (TPSA) is 9.23 Å². The molecular weight excluding hydrogens is 148 g/mol. The maximum atomic E-state index is 5.99. The third-order valence-corrected chi connectivity index (χ3v) is 3.01. The zero-order valence-corrected chi connectivity index (χ0v) is 8.44. The van der Waals surface area contributed by atoms with E-state index in [1.54, 1.807) is 0 Å². The van der Waals surface area contributed by atoms with E-state index < -0.39 is 0 Å². The number of rotatable bonds is 4. The Hall–Kier alpha value is -0.0400. The van der Waals surface area contributed by atoms with Crippen LogP contribution in [0.2, 0.25) is 0 Å². The molecule has 1 heteroatoms. The Morgan fingerprint density at radius 3 is 2.17 bits per heavy atom. The van der Waals surface area contributed by atoms with Crippen molar-refractivity contribution in [2.45, 2.75) is 64.1 Å². The molecular formula is C11H21O. The van der Waals surface area contributed by atoms with Gasteiger partial charge in [0, 0.05) is 0 Å². The predicted molar refractivity (Wildman–Crippen MR) is 52.0 cm³/mol. The van der Waals surface area contributed by atoms with Gasteiger partial charge in [-0.2, -0.15) is 0 Å². The molecule has 0 aromatic carbocycles. The summed E-state index contributed by atoms with van der Waals surface area (Å²) in [5, 5.41) is 0. The molecule has 0 bridgehead atoms. The van der Waals surface area contributed by atoms with Crippen molar-refractivity contribution in [3.8, 4) is 0 Å². The van der Waals surface area contributed by atoms with E-state index in [9.17, 15) is 0 Å². The molecule has 0 saturated heterocycles. The van der Waals surface area contributed by atoms with Gasteiger partial charge in [0.1, 0.15) is 0 Å². The van der Waals surface area contributed by atoms with Gasteiger partial charge < -0.3 is 4.74 Å². The first kappa shape index (κ1) is 10.0. The Balaban J connectivity index is 2.35. The van der Waals surface area contributed by atoms with Crippen LogP contribution in [0.5, 0.6) is 0 Å². The molecule has 71 valence electrons. The van der Waals surface area contributed by atoms with E-state index in [4.69, 9.17) is 4.74 Å². The lowest BCUT2D eigenvalue weighted by Crippen LogP contribution is -2.31. The van der Waals surface area contributed by atoms with Crippen molar-refractivity contribution >= 4 is 0 Å². The molecule has 0 aromatic heterocycles. The summed E-state index contributed by atoms with van der Waals surface area (Å²) in [6.45, 7) is 8.46. The van der Waals surface area contributed by atoms with E-state index in [1.165, 1.54) is 25.7 Å². The summed E-state index contributed by atoms with van der Waals surface area (Å²) in [4.78, 5) is 0. The molecule has 0 aliphatic heterocycles. The van der Waals surface area contributed by atoms with Crippen LogP contribution in [0.1, 0.15) is 52.4 Å². The van der Waals surface area contributed by atoms with E-state index >= 15 is 0 Å². The second-order valence-corrected chi connectivity index (χ2v) is 3.91. The molecule has 12 heavy (non-hydrogen) atoms. The summed E-state index contributed by atoms with van der Waals surface area (Å²) in [6.07, 6.45) is 7.74. The lowest BCUT2D eigenvalue weighted by atomic mass is 9.99. The molecule has 1 nitrogen and oxygen atoms in total. The quantitative estimate of drug-likeness (QED) is 0.627. The Bertz CT molecular complexity index is 121. The van der Waals surface area contributed by atoms with Crippen LogP contribution < -0.4 is 0 Å². The monoisotopic (exact) mass is 169 g/mol. The molecule has 0 N–H and O–H groups in total. The highest BCUT2D eigenvalue weighted by atomic mass is 16.5. The maximum Gasteiger partial charge on any atom is 0.0682 e. The lowest BCUT2D eigenvalue weighted by Gasteiger charge is -2.30. The average Bonchev–Trinajstić information content (AvgIpc) is 2.57. The smallest absolute Gasteiger partial charge is 0.0682 e. The van der Waals surface area contributed by atoms with Gasteiger partial charge in [-0.25, -0.2) is 0 Å². The van der Waals surface area contributed by atoms with Crippen molar-refractivity contribution in [2.24, 2.45) is 0 Å². The second kappa shape index (κ2) is 4.27. The van der Waals surface area contributed by atoms with Gasteiger partial charge in [-0.05, 0) is 32.6 Å². The molecule has 1 radical (unpaired) electrons. The van der Waals surface area contributed by atoms with Gasteiger partial charge in [0.15, 0.2) is 0 Å².